The molecule has 0 radical (unpaired) electrons. The van der Waals surface area contributed by atoms with Crippen LogP contribution in [0.3, 0.4) is 0 Å². The number of benzene rings is 1. The summed E-state index contributed by atoms with van der Waals surface area (Å²) in [6.45, 7) is 0. The number of halogens is 1. The Kier molecular flexibility index (Phi) is 5.09. The Bertz CT molecular complexity index is 560. The van der Waals surface area contributed by atoms with Gasteiger partial charge in [-0.2, -0.15) is 0 Å². The van der Waals surface area contributed by atoms with E-state index in [1.807, 2.05) is 0 Å². The second kappa shape index (κ2) is 6.42. The van der Waals surface area contributed by atoms with Gasteiger partial charge in [-0.05, 0) is 0 Å². The molecule has 2 rings (SSSR count). The number of rotatable bonds is 4. The summed E-state index contributed by atoms with van der Waals surface area (Å²) >= 11 is 3.82. The molecule has 0 bridgehead atoms. The van der Waals surface area contributed by atoms with Crippen LogP contribution in [0.25, 0.3) is 0 Å². The summed E-state index contributed by atoms with van der Waals surface area (Å²) in [4.78, 5) is 11.8. The van der Waals surface area contributed by atoms with Crippen molar-refractivity contribution in [2.24, 2.45) is 0 Å². The van der Waals surface area contributed by atoms with Crippen molar-refractivity contribution < 1.29 is 34.7 Å². The molecule has 1 aliphatic heterocycles. The molecule has 0 aromatic heterocycles. The molecule has 0 spiro atoms. The maximum atomic E-state index is 12.1. The van der Waals surface area contributed by atoms with Crippen LogP contribution in [0.1, 0.15) is 12.0 Å². The van der Waals surface area contributed by atoms with E-state index in [9.17, 15) is 13.2 Å². The minimum absolute atomic E-state index is 0.172. The van der Waals surface area contributed by atoms with Gasteiger partial charge in [0.05, 0.1) is 0 Å². The zero-order valence-electron chi connectivity index (χ0n) is 9.97. The van der Waals surface area contributed by atoms with Crippen LogP contribution < -0.4 is 29.7 Å². The van der Waals surface area contributed by atoms with Crippen LogP contribution in [0, 0.1) is 0 Å². The van der Waals surface area contributed by atoms with Crippen molar-refractivity contribution in [3.05, 3.63) is 29.8 Å². The van der Waals surface area contributed by atoms with Gasteiger partial charge in [-0.3, -0.25) is 0 Å². The van der Waals surface area contributed by atoms with Crippen molar-refractivity contribution in [2.45, 2.75) is 23.1 Å². The number of nitrogens with one attached hydrogen (secondary N) is 2. The van der Waals surface area contributed by atoms with Crippen molar-refractivity contribution in [3.63, 3.8) is 0 Å². The monoisotopic (exact) mass is 413 g/mol. The summed E-state index contributed by atoms with van der Waals surface area (Å²) in [7, 11) is -3.64. The molecular formula is C11H14IN2O3S2-. The Balaban J connectivity index is 2.14. The average Bonchev–Trinajstić information content (AvgIpc) is 2.41. The first-order chi connectivity index (χ1) is 9.03. The fourth-order valence-electron chi connectivity index (χ4n) is 1.62. The Hall–Kier alpha value is -0.320. The van der Waals surface area contributed by atoms with Crippen molar-refractivity contribution in [1.29, 1.82) is 0 Å². The second-order valence-electron chi connectivity index (χ2n) is 4.05. The molecule has 0 unspecified atom stereocenters. The van der Waals surface area contributed by atoms with Gasteiger partial charge < -0.3 is 0 Å². The van der Waals surface area contributed by atoms with Gasteiger partial charge in [-0.1, -0.05) is 0 Å². The third kappa shape index (κ3) is 3.83. The van der Waals surface area contributed by atoms with Gasteiger partial charge in [0.2, 0.25) is 0 Å². The molecular weight excluding hydrogens is 399 g/mol. The van der Waals surface area contributed by atoms with E-state index in [0.717, 1.165) is 9.99 Å². The van der Waals surface area contributed by atoms with Gasteiger partial charge >= 0.3 is 129 Å². The molecule has 1 saturated heterocycles. The average molecular weight is 413 g/mol. The quantitative estimate of drug-likeness (QED) is 0.218. The van der Waals surface area contributed by atoms with E-state index in [0.29, 0.717) is 12.2 Å². The third-order valence-electron chi connectivity index (χ3n) is 2.68. The fraction of sp³-hybridized carbons (Fsp3) is 0.364. The van der Waals surface area contributed by atoms with E-state index >= 15 is 0 Å². The first-order valence-electron chi connectivity index (χ1n) is 5.63. The van der Waals surface area contributed by atoms with Crippen LogP contribution in [-0.4, -0.2) is 24.8 Å². The maximum absolute atomic E-state index is 12.1. The molecule has 0 saturated carbocycles. The molecule has 5 nitrogen and oxygen atoms in total. The van der Waals surface area contributed by atoms with Crippen molar-refractivity contribution in [1.82, 2.24) is 8.25 Å². The summed E-state index contributed by atoms with van der Waals surface area (Å²) in [6.07, 6.45) is 0.576. The Morgan fingerprint density at radius 1 is 1.37 bits per heavy atom. The predicted octanol–water partition coefficient (Wildman–Crippen LogP) is -2.71. The number of carbonyl (C=O) groups excluding carboxylic acids is 1. The standard InChI is InChI=1S/C11H14IN2O3S2/c15-11-10(5-6-12-13-11)14-19(16,17)9-3-1-8(7-18)2-4-9/h1-4,10,14,18H,5-7H2,(H,13,15)/q-1/t10-/m1/s1. The van der Waals surface area contributed by atoms with Gasteiger partial charge in [-0.25, -0.2) is 0 Å². The van der Waals surface area contributed by atoms with Gasteiger partial charge in [0, 0.05) is 0 Å². The number of hydrogen-bond acceptors (Lipinski definition) is 4. The molecule has 8 heteroatoms. The molecule has 0 aliphatic carbocycles. The van der Waals surface area contributed by atoms with E-state index in [1.165, 1.54) is 12.1 Å². The zero-order chi connectivity index (χ0) is 13.9. The molecule has 1 aromatic carbocycles. The van der Waals surface area contributed by atoms with Crippen molar-refractivity contribution in [2.75, 3.05) is 4.43 Å². The molecule has 106 valence electrons. The summed E-state index contributed by atoms with van der Waals surface area (Å²) in [6, 6.07) is 5.84. The molecule has 1 aliphatic rings. The van der Waals surface area contributed by atoms with Crippen molar-refractivity contribution >= 4 is 28.6 Å². The first kappa shape index (κ1) is 15.1. The van der Waals surface area contributed by atoms with Gasteiger partial charge in [0.25, 0.3) is 0 Å². The van der Waals surface area contributed by atoms with Gasteiger partial charge in [0.1, 0.15) is 0 Å². The summed E-state index contributed by atoms with van der Waals surface area (Å²) in [5.74, 6) is 0.345. The Morgan fingerprint density at radius 2 is 2.05 bits per heavy atom. The molecule has 2 N–H and O–H groups in total. The second-order valence-corrected chi connectivity index (χ2v) is 8.46. The third-order valence-corrected chi connectivity index (χ3v) is 6.61. The number of amides is 1. The molecule has 1 amide bonds. The SMILES string of the molecule is O=C1N[I-]CC[C@H]1NS(=O)(=O)c1ccc(CS)cc1. The van der Waals surface area contributed by atoms with Gasteiger partial charge in [0.15, 0.2) is 0 Å². The minimum atomic E-state index is -3.64. The number of hydrogen-bond donors (Lipinski definition) is 3. The summed E-state index contributed by atoms with van der Waals surface area (Å²) in [5, 5.41) is 0. The van der Waals surface area contributed by atoms with Crippen LogP contribution in [0.5, 0.6) is 0 Å². The van der Waals surface area contributed by atoms with Crippen LogP contribution in [0.15, 0.2) is 29.2 Å². The van der Waals surface area contributed by atoms with Crippen LogP contribution in [0.2, 0.25) is 0 Å². The van der Waals surface area contributed by atoms with E-state index in [-0.39, 0.29) is 32.3 Å². The van der Waals surface area contributed by atoms with Gasteiger partial charge in [-0.15, -0.1) is 0 Å². The molecule has 1 heterocycles. The van der Waals surface area contributed by atoms with Crippen LogP contribution in [-0.2, 0) is 20.6 Å². The molecule has 19 heavy (non-hydrogen) atoms. The van der Waals surface area contributed by atoms with E-state index in [2.05, 4.69) is 20.9 Å². The summed E-state index contributed by atoms with van der Waals surface area (Å²) in [5.41, 5.74) is 0.947. The first-order valence-corrected chi connectivity index (χ1v) is 10.3. The number of carbonyl (C=O) groups is 1. The number of thiol groups is 1. The zero-order valence-corrected chi connectivity index (χ0v) is 13.8. The molecule has 1 atom stereocenters. The number of sulfonamides is 1. The van der Waals surface area contributed by atoms with Crippen LogP contribution in [0.4, 0.5) is 0 Å². The van der Waals surface area contributed by atoms with E-state index in [1.54, 1.807) is 12.1 Å². The normalized spacial score (nSPS) is 20.5. The fourth-order valence-corrected chi connectivity index (χ4v) is 5.01. The molecule has 1 aromatic rings. The Labute approximate surface area is 128 Å². The summed E-state index contributed by atoms with van der Waals surface area (Å²) < 4.78 is 30.4. The van der Waals surface area contributed by atoms with Crippen LogP contribution >= 0.6 is 12.6 Å². The predicted molar refractivity (Wildman–Crippen MR) is 70.9 cm³/mol. The Morgan fingerprint density at radius 3 is 2.63 bits per heavy atom. The van der Waals surface area contributed by atoms with E-state index < -0.39 is 16.1 Å². The molecule has 1 fully saturated rings. The van der Waals surface area contributed by atoms with Crippen molar-refractivity contribution in [3.8, 4) is 0 Å². The number of alkyl halides is 1. The topological polar surface area (TPSA) is 75.3 Å². The van der Waals surface area contributed by atoms with E-state index in [4.69, 9.17) is 0 Å².